The van der Waals surface area contributed by atoms with Crippen molar-refractivity contribution < 1.29 is 31.5 Å². The Hall–Kier alpha value is -3.50. The lowest BCUT2D eigenvalue weighted by atomic mass is 10.0. The highest BCUT2D eigenvalue weighted by Gasteiger charge is 2.37. The van der Waals surface area contributed by atoms with Crippen molar-refractivity contribution in [3.63, 3.8) is 0 Å². The van der Waals surface area contributed by atoms with Crippen LogP contribution in [0.3, 0.4) is 0 Å². The maximum absolute atomic E-state index is 14.8. The molecule has 11 heteroatoms. The Morgan fingerprint density at radius 2 is 1.54 bits per heavy atom. The van der Waals surface area contributed by atoms with Crippen LogP contribution in [0.5, 0.6) is 0 Å². The number of carbonyl (C=O) groups is 2. The lowest BCUT2D eigenvalue weighted by Crippen LogP contribution is -2.50. The molecule has 0 aliphatic carbocycles. The third kappa shape index (κ3) is 6.57. The van der Waals surface area contributed by atoms with Gasteiger partial charge in [-0.1, -0.05) is 36.7 Å². The van der Waals surface area contributed by atoms with Crippen molar-refractivity contribution in [1.82, 2.24) is 9.80 Å². The average Bonchev–Trinajstić information content (AvgIpc) is 2.94. The lowest BCUT2D eigenvalue weighted by molar-refractivity contribution is 0.0526. The summed E-state index contributed by atoms with van der Waals surface area (Å²) in [5.41, 5.74) is 0.196. The molecule has 1 fully saturated rings. The van der Waals surface area contributed by atoms with E-state index < -0.39 is 38.7 Å². The van der Waals surface area contributed by atoms with Gasteiger partial charge in [0, 0.05) is 48.2 Å². The standard InChI is InChI=1S/C28H27ClF2N2O5S/c1-19(18-38-28(35)33-15-13-32(14-16-33)27(34)20-5-3-2-4-6-20)26(24-17-22(30)9-12-25(24)31)39(36,37)23-10-7-21(29)8-11-23/h2-12,17,19,26H,13-16,18H2,1H3/t19-,26+/m1/s1. The van der Waals surface area contributed by atoms with E-state index in [9.17, 15) is 26.8 Å². The van der Waals surface area contributed by atoms with E-state index in [0.29, 0.717) is 23.7 Å². The minimum atomic E-state index is -4.24. The maximum atomic E-state index is 14.8. The number of halogens is 3. The van der Waals surface area contributed by atoms with Crippen molar-refractivity contribution in [2.45, 2.75) is 17.1 Å². The smallest absolute Gasteiger partial charge is 0.409 e. The molecule has 1 aliphatic heterocycles. The number of benzene rings is 3. The number of sulfone groups is 1. The lowest BCUT2D eigenvalue weighted by Gasteiger charge is -2.34. The second kappa shape index (κ2) is 12.1. The minimum Gasteiger partial charge on any atom is -0.449 e. The predicted octanol–water partition coefficient (Wildman–Crippen LogP) is 5.36. The van der Waals surface area contributed by atoms with Crippen LogP contribution in [-0.2, 0) is 14.6 Å². The van der Waals surface area contributed by atoms with Gasteiger partial charge in [0.1, 0.15) is 11.6 Å². The molecular weight excluding hydrogens is 550 g/mol. The molecule has 0 aromatic heterocycles. The number of rotatable bonds is 7. The summed E-state index contributed by atoms with van der Waals surface area (Å²) in [5.74, 6) is -2.76. The largest absolute Gasteiger partial charge is 0.449 e. The number of carbonyl (C=O) groups excluding carboxylic acids is 2. The monoisotopic (exact) mass is 576 g/mol. The Kier molecular flexibility index (Phi) is 8.87. The third-order valence-corrected chi connectivity index (χ3v) is 9.14. The number of nitrogens with zero attached hydrogens (tertiary/aromatic N) is 2. The Morgan fingerprint density at radius 3 is 2.18 bits per heavy atom. The Balaban J connectivity index is 1.45. The normalized spacial score (nSPS) is 15.5. The molecule has 0 N–H and O–H groups in total. The van der Waals surface area contributed by atoms with Crippen molar-refractivity contribution in [2.24, 2.45) is 5.92 Å². The molecule has 206 valence electrons. The average molecular weight is 577 g/mol. The molecule has 1 heterocycles. The van der Waals surface area contributed by atoms with Crippen LogP contribution in [0.1, 0.15) is 28.1 Å². The van der Waals surface area contributed by atoms with Crippen molar-refractivity contribution in [2.75, 3.05) is 32.8 Å². The predicted molar refractivity (Wildman–Crippen MR) is 142 cm³/mol. The van der Waals surface area contributed by atoms with Gasteiger partial charge in [0.05, 0.1) is 16.8 Å². The van der Waals surface area contributed by atoms with E-state index in [4.69, 9.17) is 16.3 Å². The van der Waals surface area contributed by atoms with Gasteiger partial charge in [-0.2, -0.15) is 0 Å². The van der Waals surface area contributed by atoms with E-state index in [0.717, 1.165) is 18.2 Å². The van der Waals surface area contributed by atoms with Gasteiger partial charge in [0.2, 0.25) is 0 Å². The first-order valence-electron chi connectivity index (χ1n) is 12.3. The summed E-state index contributed by atoms with van der Waals surface area (Å²) in [6.07, 6.45) is -0.684. The minimum absolute atomic E-state index is 0.127. The Bertz CT molecular complexity index is 1430. The molecule has 0 spiro atoms. The molecule has 3 aromatic rings. The molecule has 2 amide bonds. The first-order chi connectivity index (χ1) is 18.6. The van der Waals surface area contributed by atoms with Gasteiger partial charge in [-0.3, -0.25) is 4.79 Å². The molecule has 0 saturated carbocycles. The molecule has 0 radical (unpaired) electrons. The molecule has 39 heavy (non-hydrogen) atoms. The fourth-order valence-electron chi connectivity index (χ4n) is 4.52. The number of hydrogen-bond donors (Lipinski definition) is 0. The van der Waals surface area contributed by atoms with Crippen molar-refractivity contribution in [3.8, 4) is 0 Å². The zero-order chi connectivity index (χ0) is 28.2. The first-order valence-corrected chi connectivity index (χ1v) is 14.2. The summed E-state index contributed by atoms with van der Waals surface area (Å²) in [7, 11) is -4.24. The second-order valence-corrected chi connectivity index (χ2v) is 11.8. The highest BCUT2D eigenvalue weighted by Crippen LogP contribution is 2.37. The van der Waals surface area contributed by atoms with Gasteiger partial charge in [-0.15, -0.1) is 0 Å². The van der Waals surface area contributed by atoms with Crippen molar-refractivity contribution >= 4 is 33.4 Å². The van der Waals surface area contributed by atoms with E-state index in [1.165, 1.54) is 36.1 Å². The van der Waals surface area contributed by atoms with Gasteiger partial charge < -0.3 is 14.5 Å². The molecule has 2 atom stereocenters. The summed E-state index contributed by atoms with van der Waals surface area (Å²) < 4.78 is 61.5. The van der Waals surface area contributed by atoms with Crippen LogP contribution in [0.25, 0.3) is 0 Å². The number of ether oxygens (including phenoxy) is 1. The van der Waals surface area contributed by atoms with Crippen LogP contribution in [0.15, 0.2) is 77.7 Å². The summed E-state index contributed by atoms with van der Waals surface area (Å²) >= 11 is 5.89. The van der Waals surface area contributed by atoms with E-state index in [-0.39, 0.29) is 36.1 Å². The highest BCUT2D eigenvalue weighted by molar-refractivity contribution is 7.91. The third-order valence-electron chi connectivity index (χ3n) is 6.57. The zero-order valence-electron chi connectivity index (χ0n) is 21.1. The van der Waals surface area contributed by atoms with Crippen molar-refractivity contribution in [3.05, 3.63) is 101 Å². The molecule has 4 rings (SSSR count). The first kappa shape index (κ1) is 28.5. The van der Waals surface area contributed by atoms with Gasteiger partial charge in [0.25, 0.3) is 5.91 Å². The molecule has 0 bridgehead atoms. The fraction of sp³-hybridized carbons (Fsp3) is 0.286. The van der Waals surface area contributed by atoms with E-state index in [1.807, 2.05) is 6.07 Å². The quantitative estimate of drug-likeness (QED) is 0.378. The van der Waals surface area contributed by atoms with Gasteiger partial charge in [-0.25, -0.2) is 22.0 Å². The highest BCUT2D eigenvalue weighted by atomic mass is 35.5. The van der Waals surface area contributed by atoms with E-state index in [2.05, 4.69) is 0 Å². The maximum Gasteiger partial charge on any atom is 0.409 e. The second-order valence-electron chi connectivity index (χ2n) is 9.28. The summed E-state index contributed by atoms with van der Waals surface area (Å²) in [6.45, 7) is 2.20. The van der Waals surface area contributed by atoms with Gasteiger partial charge >= 0.3 is 6.09 Å². The number of hydrogen-bond acceptors (Lipinski definition) is 5. The number of amides is 2. The summed E-state index contributed by atoms with van der Waals surface area (Å²) in [5, 5.41) is -1.22. The zero-order valence-corrected chi connectivity index (χ0v) is 22.7. The van der Waals surface area contributed by atoms with Crippen LogP contribution in [0, 0.1) is 17.6 Å². The SMILES string of the molecule is C[C@H](COC(=O)N1CCN(C(=O)c2ccccc2)CC1)[C@@H](c1cc(F)ccc1F)S(=O)(=O)c1ccc(Cl)cc1. The Morgan fingerprint density at radius 1 is 0.923 bits per heavy atom. The van der Waals surface area contributed by atoms with E-state index in [1.54, 1.807) is 29.2 Å². The topological polar surface area (TPSA) is 84.0 Å². The molecule has 7 nitrogen and oxygen atoms in total. The Labute approximate surface area is 230 Å². The van der Waals surface area contributed by atoms with Crippen LogP contribution in [0.4, 0.5) is 13.6 Å². The van der Waals surface area contributed by atoms with Crippen molar-refractivity contribution in [1.29, 1.82) is 0 Å². The van der Waals surface area contributed by atoms with Crippen LogP contribution >= 0.6 is 11.6 Å². The molecular formula is C28H27ClF2N2O5S. The molecule has 3 aromatic carbocycles. The fourth-order valence-corrected chi connectivity index (χ4v) is 6.66. The summed E-state index contributed by atoms with van der Waals surface area (Å²) in [4.78, 5) is 28.4. The van der Waals surface area contributed by atoms with Gasteiger partial charge in [-0.05, 0) is 54.6 Å². The number of piperazine rings is 1. The van der Waals surface area contributed by atoms with Gasteiger partial charge in [0.15, 0.2) is 9.84 Å². The van der Waals surface area contributed by atoms with Crippen LogP contribution < -0.4 is 0 Å². The molecule has 1 aliphatic rings. The summed E-state index contributed by atoms with van der Waals surface area (Å²) in [6, 6.07) is 16.8. The van der Waals surface area contributed by atoms with E-state index >= 15 is 0 Å². The van der Waals surface area contributed by atoms with Crippen LogP contribution in [-0.4, -0.2) is 63.0 Å². The van der Waals surface area contributed by atoms with Crippen LogP contribution in [0.2, 0.25) is 5.02 Å². The molecule has 1 saturated heterocycles. The molecule has 0 unspecified atom stereocenters.